The zero-order valence-corrected chi connectivity index (χ0v) is 10.0. The van der Waals surface area contributed by atoms with Gasteiger partial charge in [-0.15, -0.1) is 11.8 Å². The minimum atomic E-state index is -0.207. The highest BCUT2D eigenvalue weighted by Gasteiger charge is 2.28. The summed E-state index contributed by atoms with van der Waals surface area (Å²) >= 11 is 4.54. The van der Waals surface area contributed by atoms with Crippen molar-refractivity contribution in [3.8, 4) is 0 Å². The van der Waals surface area contributed by atoms with Crippen LogP contribution in [0.4, 0.5) is 5.82 Å². The normalized spacial score (nSPS) is 17.0. The standard InChI is InChI=1S/C9H7BrN2O2S/c10-6-2-1-3-7(11-6)12-8(13)4-15-5-9(12)14/h1-3H,4-5H2. The van der Waals surface area contributed by atoms with Crippen molar-refractivity contribution in [2.24, 2.45) is 0 Å². The van der Waals surface area contributed by atoms with Gasteiger partial charge in [0.25, 0.3) is 0 Å². The number of hydrogen-bond donors (Lipinski definition) is 0. The molecule has 0 unspecified atom stereocenters. The van der Waals surface area contributed by atoms with Crippen LogP contribution in [0.25, 0.3) is 0 Å². The van der Waals surface area contributed by atoms with E-state index >= 15 is 0 Å². The highest BCUT2D eigenvalue weighted by molar-refractivity contribution is 9.10. The Morgan fingerprint density at radius 2 is 1.93 bits per heavy atom. The molecule has 1 fully saturated rings. The zero-order chi connectivity index (χ0) is 10.8. The molecule has 0 radical (unpaired) electrons. The molecule has 2 rings (SSSR count). The Hall–Kier alpha value is -0.880. The lowest BCUT2D eigenvalue weighted by Gasteiger charge is -2.23. The smallest absolute Gasteiger partial charge is 0.245 e. The summed E-state index contributed by atoms with van der Waals surface area (Å²) < 4.78 is 0.610. The van der Waals surface area contributed by atoms with Crippen molar-refractivity contribution < 1.29 is 9.59 Å². The average molecular weight is 287 g/mol. The van der Waals surface area contributed by atoms with Crippen LogP contribution in [0.15, 0.2) is 22.8 Å². The lowest BCUT2D eigenvalue weighted by atomic mass is 10.4. The number of hydrogen-bond acceptors (Lipinski definition) is 4. The fourth-order valence-electron chi connectivity index (χ4n) is 1.27. The van der Waals surface area contributed by atoms with Gasteiger partial charge in [-0.05, 0) is 28.1 Å². The van der Waals surface area contributed by atoms with Crippen LogP contribution >= 0.6 is 27.7 Å². The van der Waals surface area contributed by atoms with Gasteiger partial charge in [0.2, 0.25) is 11.8 Å². The number of carbonyl (C=O) groups excluding carboxylic acids is 2. The summed E-state index contributed by atoms with van der Waals surface area (Å²) in [5.41, 5.74) is 0. The highest BCUT2D eigenvalue weighted by Crippen LogP contribution is 2.20. The maximum absolute atomic E-state index is 11.5. The molecule has 0 saturated carbocycles. The Kier molecular flexibility index (Phi) is 3.06. The molecule has 2 heterocycles. The molecule has 0 aliphatic carbocycles. The molecule has 4 nitrogen and oxygen atoms in total. The third-order valence-electron chi connectivity index (χ3n) is 1.88. The third-order valence-corrected chi connectivity index (χ3v) is 3.22. The van der Waals surface area contributed by atoms with Crippen LogP contribution in [0.1, 0.15) is 0 Å². The molecule has 2 amide bonds. The number of nitrogens with zero attached hydrogens (tertiary/aromatic N) is 2. The predicted molar refractivity (Wildman–Crippen MR) is 61.8 cm³/mol. The molecule has 0 N–H and O–H groups in total. The molecule has 0 atom stereocenters. The number of thioether (sulfide) groups is 1. The Balaban J connectivity index is 2.35. The monoisotopic (exact) mass is 286 g/mol. The van der Waals surface area contributed by atoms with E-state index in [4.69, 9.17) is 0 Å². The third kappa shape index (κ3) is 2.21. The minimum Gasteiger partial charge on any atom is -0.273 e. The van der Waals surface area contributed by atoms with E-state index in [-0.39, 0.29) is 11.8 Å². The number of amides is 2. The van der Waals surface area contributed by atoms with Crippen LogP contribution in [0, 0.1) is 0 Å². The molecule has 1 aromatic heterocycles. The minimum absolute atomic E-state index is 0.207. The summed E-state index contributed by atoms with van der Waals surface area (Å²) in [4.78, 5) is 28.3. The first kappa shape index (κ1) is 10.6. The second kappa shape index (κ2) is 4.32. The van der Waals surface area contributed by atoms with E-state index in [1.165, 1.54) is 11.8 Å². The molecule has 1 aliphatic heterocycles. The number of pyridine rings is 1. The molecule has 6 heteroatoms. The number of anilines is 1. The van der Waals surface area contributed by atoms with Gasteiger partial charge in [-0.2, -0.15) is 0 Å². The molecule has 15 heavy (non-hydrogen) atoms. The highest BCUT2D eigenvalue weighted by atomic mass is 79.9. The number of carbonyl (C=O) groups is 2. The van der Waals surface area contributed by atoms with Crippen molar-refractivity contribution in [3.05, 3.63) is 22.8 Å². The van der Waals surface area contributed by atoms with Crippen LogP contribution in [-0.2, 0) is 9.59 Å². The van der Waals surface area contributed by atoms with Gasteiger partial charge in [-0.25, -0.2) is 9.88 Å². The number of imide groups is 1. The molecular formula is C9H7BrN2O2S. The number of rotatable bonds is 1. The van der Waals surface area contributed by atoms with Gasteiger partial charge < -0.3 is 0 Å². The summed E-state index contributed by atoms with van der Waals surface area (Å²) in [5.74, 6) is 0.642. The van der Waals surface area contributed by atoms with Gasteiger partial charge in [0, 0.05) is 0 Å². The lowest BCUT2D eigenvalue weighted by molar-refractivity contribution is -0.124. The van der Waals surface area contributed by atoms with Crippen molar-refractivity contribution in [1.82, 2.24) is 4.98 Å². The van der Waals surface area contributed by atoms with E-state index in [0.29, 0.717) is 21.9 Å². The molecule has 0 spiro atoms. The SMILES string of the molecule is O=C1CSCC(=O)N1c1cccc(Br)n1. The summed E-state index contributed by atoms with van der Waals surface area (Å²) in [6.07, 6.45) is 0. The van der Waals surface area contributed by atoms with Gasteiger partial charge in [-0.3, -0.25) is 9.59 Å². The zero-order valence-electron chi connectivity index (χ0n) is 7.64. The Morgan fingerprint density at radius 1 is 1.27 bits per heavy atom. The van der Waals surface area contributed by atoms with E-state index < -0.39 is 0 Å². The van der Waals surface area contributed by atoms with Crippen molar-refractivity contribution in [1.29, 1.82) is 0 Å². The first-order valence-electron chi connectivity index (χ1n) is 4.24. The van der Waals surface area contributed by atoms with E-state index in [0.717, 1.165) is 4.90 Å². The summed E-state index contributed by atoms with van der Waals surface area (Å²) in [5, 5.41) is 0. The van der Waals surface area contributed by atoms with Crippen LogP contribution in [-0.4, -0.2) is 28.3 Å². The quantitative estimate of drug-likeness (QED) is 0.579. The van der Waals surface area contributed by atoms with Gasteiger partial charge in [-0.1, -0.05) is 6.07 Å². The molecule has 1 aromatic rings. The van der Waals surface area contributed by atoms with Crippen molar-refractivity contribution in [2.75, 3.05) is 16.4 Å². The molecule has 0 aromatic carbocycles. The Labute approximate surface area is 99.2 Å². The lowest BCUT2D eigenvalue weighted by Crippen LogP contribution is -2.43. The maximum Gasteiger partial charge on any atom is 0.245 e. The molecule has 0 bridgehead atoms. The van der Waals surface area contributed by atoms with E-state index in [2.05, 4.69) is 20.9 Å². The van der Waals surface area contributed by atoms with Crippen LogP contribution < -0.4 is 4.90 Å². The van der Waals surface area contributed by atoms with E-state index in [9.17, 15) is 9.59 Å². The first-order valence-corrected chi connectivity index (χ1v) is 6.19. The summed E-state index contributed by atoms with van der Waals surface area (Å²) in [6.45, 7) is 0. The fraction of sp³-hybridized carbons (Fsp3) is 0.222. The molecule has 1 aliphatic rings. The first-order chi connectivity index (χ1) is 7.18. The van der Waals surface area contributed by atoms with Gasteiger partial charge >= 0.3 is 0 Å². The van der Waals surface area contributed by atoms with Crippen LogP contribution in [0.3, 0.4) is 0 Å². The predicted octanol–water partition coefficient (Wildman–Crippen LogP) is 1.45. The van der Waals surface area contributed by atoms with Gasteiger partial charge in [0.05, 0.1) is 11.5 Å². The average Bonchev–Trinajstić information content (AvgIpc) is 2.17. The second-order valence-corrected chi connectivity index (χ2v) is 4.73. The topological polar surface area (TPSA) is 50.3 Å². The van der Waals surface area contributed by atoms with E-state index in [1.54, 1.807) is 18.2 Å². The number of aromatic nitrogens is 1. The van der Waals surface area contributed by atoms with Crippen molar-refractivity contribution >= 4 is 45.3 Å². The number of halogens is 1. The largest absolute Gasteiger partial charge is 0.273 e. The van der Waals surface area contributed by atoms with Gasteiger partial charge in [0.1, 0.15) is 10.4 Å². The van der Waals surface area contributed by atoms with Crippen molar-refractivity contribution in [2.45, 2.75) is 0 Å². The Bertz CT molecular complexity index is 408. The van der Waals surface area contributed by atoms with Crippen molar-refractivity contribution in [3.63, 3.8) is 0 Å². The Morgan fingerprint density at radius 3 is 2.53 bits per heavy atom. The second-order valence-electron chi connectivity index (χ2n) is 2.93. The fourth-order valence-corrected chi connectivity index (χ4v) is 2.32. The van der Waals surface area contributed by atoms with Gasteiger partial charge in [0.15, 0.2) is 0 Å². The molecule has 1 saturated heterocycles. The molecular weight excluding hydrogens is 280 g/mol. The van der Waals surface area contributed by atoms with E-state index in [1.807, 2.05) is 0 Å². The maximum atomic E-state index is 11.5. The summed E-state index contributed by atoms with van der Waals surface area (Å²) in [7, 11) is 0. The summed E-state index contributed by atoms with van der Waals surface area (Å²) in [6, 6.07) is 5.14. The van der Waals surface area contributed by atoms with Crippen LogP contribution in [0.5, 0.6) is 0 Å². The molecule has 78 valence electrons. The van der Waals surface area contributed by atoms with Crippen LogP contribution in [0.2, 0.25) is 0 Å².